The van der Waals surface area contributed by atoms with E-state index in [2.05, 4.69) is 6.07 Å². The minimum atomic E-state index is -1.10. The van der Waals surface area contributed by atoms with Crippen LogP contribution in [0, 0.1) is 11.3 Å². The highest BCUT2D eigenvalue weighted by Gasteiger charge is 2.51. The number of nitriles is 1. The van der Waals surface area contributed by atoms with E-state index in [-0.39, 0.29) is 26.1 Å². The number of carbonyl (C=O) groups excluding carboxylic acids is 3. The number of urea groups is 1. The second-order valence-electron chi connectivity index (χ2n) is 9.49. The molecule has 1 aliphatic rings. The summed E-state index contributed by atoms with van der Waals surface area (Å²) in [6, 6.07) is 24.3. The van der Waals surface area contributed by atoms with E-state index in [4.69, 9.17) is 10.00 Å². The molecule has 1 atom stereocenters. The van der Waals surface area contributed by atoms with E-state index in [1.165, 1.54) is 4.90 Å². The number of amides is 4. The summed E-state index contributed by atoms with van der Waals surface area (Å²) in [5, 5.41) is 19.6. The van der Waals surface area contributed by atoms with Crippen LogP contribution in [0.4, 0.5) is 4.79 Å². The Kier molecular flexibility index (Phi) is 7.74. The Labute approximate surface area is 221 Å². The number of carbonyl (C=O) groups is 3. The average molecular weight is 513 g/mol. The molecule has 1 unspecified atom stereocenters. The Morgan fingerprint density at radius 1 is 1.00 bits per heavy atom. The number of hydroxylamine groups is 2. The number of nitrogens with zero attached hydrogens (tertiary/aromatic N) is 4. The summed E-state index contributed by atoms with van der Waals surface area (Å²) in [7, 11) is 0. The molecule has 1 aliphatic heterocycles. The summed E-state index contributed by atoms with van der Waals surface area (Å²) in [4.78, 5) is 40.3. The topological polar surface area (TPSA) is 114 Å². The van der Waals surface area contributed by atoms with Gasteiger partial charge in [-0.3, -0.25) is 19.7 Å². The summed E-state index contributed by atoms with van der Waals surface area (Å²) >= 11 is 0. The van der Waals surface area contributed by atoms with E-state index < -0.39 is 23.5 Å². The third-order valence-electron chi connectivity index (χ3n) is 6.61. The maximum Gasteiger partial charge on any atom is 0.328 e. The quantitative estimate of drug-likeness (QED) is 0.190. The molecule has 194 valence electrons. The highest BCUT2D eigenvalue weighted by atomic mass is 16.5. The fourth-order valence-electron chi connectivity index (χ4n) is 4.29. The van der Waals surface area contributed by atoms with Crippen LogP contribution in [-0.4, -0.2) is 63.2 Å². The predicted molar refractivity (Wildman–Crippen MR) is 139 cm³/mol. The van der Waals surface area contributed by atoms with Crippen molar-refractivity contribution in [2.75, 3.05) is 13.2 Å². The molecular weight excluding hydrogens is 484 g/mol. The first kappa shape index (κ1) is 26.4. The first-order valence-corrected chi connectivity index (χ1v) is 12.1. The molecule has 0 radical (unpaired) electrons. The van der Waals surface area contributed by atoms with Crippen LogP contribution in [0.5, 0.6) is 5.75 Å². The largest absolute Gasteiger partial charge is 0.491 e. The van der Waals surface area contributed by atoms with Crippen molar-refractivity contribution in [2.45, 2.75) is 32.0 Å². The monoisotopic (exact) mass is 512 g/mol. The zero-order valence-corrected chi connectivity index (χ0v) is 21.2. The highest BCUT2D eigenvalue weighted by molar-refractivity contribution is 6.06. The van der Waals surface area contributed by atoms with Crippen molar-refractivity contribution in [3.05, 3.63) is 90.0 Å². The Hall–Kier alpha value is -4.68. The lowest BCUT2D eigenvalue weighted by Gasteiger charge is -2.27. The van der Waals surface area contributed by atoms with Crippen LogP contribution in [0.1, 0.15) is 25.0 Å². The van der Waals surface area contributed by atoms with Gasteiger partial charge >= 0.3 is 6.03 Å². The lowest BCUT2D eigenvalue weighted by atomic mass is 10.0. The number of benzene rings is 3. The van der Waals surface area contributed by atoms with Gasteiger partial charge in [-0.25, -0.2) is 9.86 Å². The molecule has 1 fully saturated rings. The molecule has 1 saturated heterocycles. The van der Waals surface area contributed by atoms with Crippen molar-refractivity contribution in [1.82, 2.24) is 14.9 Å². The van der Waals surface area contributed by atoms with E-state index in [1.54, 1.807) is 38.1 Å². The highest BCUT2D eigenvalue weighted by Crippen LogP contribution is 2.30. The fraction of sp³-hybridized carbons (Fsp3) is 0.241. The summed E-state index contributed by atoms with van der Waals surface area (Å²) in [6.45, 7) is 3.21. The fourth-order valence-corrected chi connectivity index (χ4v) is 4.29. The van der Waals surface area contributed by atoms with Gasteiger partial charge in [0.2, 0.25) is 6.41 Å². The first-order chi connectivity index (χ1) is 18.2. The van der Waals surface area contributed by atoms with Crippen LogP contribution in [0.15, 0.2) is 78.9 Å². The molecule has 0 aromatic heterocycles. The van der Waals surface area contributed by atoms with Crippen molar-refractivity contribution in [1.29, 1.82) is 5.26 Å². The number of hydrogen-bond acceptors (Lipinski definition) is 6. The van der Waals surface area contributed by atoms with E-state index in [9.17, 15) is 19.6 Å². The van der Waals surface area contributed by atoms with Gasteiger partial charge in [0, 0.05) is 6.54 Å². The van der Waals surface area contributed by atoms with E-state index in [0.29, 0.717) is 16.4 Å². The number of rotatable bonds is 10. The molecule has 9 heteroatoms. The van der Waals surface area contributed by atoms with Gasteiger partial charge in [0.15, 0.2) is 0 Å². The minimum Gasteiger partial charge on any atom is -0.491 e. The smallest absolute Gasteiger partial charge is 0.328 e. The van der Waals surface area contributed by atoms with Gasteiger partial charge in [0.05, 0.1) is 18.2 Å². The van der Waals surface area contributed by atoms with Crippen molar-refractivity contribution in [3.63, 3.8) is 0 Å². The normalized spacial score (nSPS) is 15.2. The van der Waals surface area contributed by atoms with Crippen LogP contribution in [-0.2, 0) is 16.1 Å². The molecular formula is C29H28N4O5. The zero-order valence-electron chi connectivity index (χ0n) is 21.2. The van der Waals surface area contributed by atoms with Gasteiger partial charge in [-0.2, -0.15) is 5.26 Å². The summed E-state index contributed by atoms with van der Waals surface area (Å²) < 4.78 is 5.81. The second kappa shape index (κ2) is 11.2. The second-order valence-corrected chi connectivity index (χ2v) is 9.49. The van der Waals surface area contributed by atoms with Gasteiger partial charge in [0.25, 0.3) is 5.91 Å². The molecule has 3 aromatic carbocycles. The summed E-state index contributed by atoms with van der Waals surface area (Å²) in [6.07, 6.45) is 0.222. The maximum atomic E-state index is 13.3. The summed E-state index contributed by atoms with van der Waals surface area (Å²) in [5.74, 6) is 0.0614. The van der Waals surface area contributed by atoms with Gasteiger partial charge < -0.3 is 9.64 Å². The van der Waals surface area contributed by atoms with Crippen LogP contribution < -0.4 is 4.74 Å². The van der Waals surface area contributed by atoms with Crippen molar-refractivity contribution in [2.24, 2.45) is 0 Å². The van der Waals surface area contributed by atoms with Crippen molar-refractivity contribution >= 4 is 18.3 Å². The van der Waals surface area contributed by atoms with Crippen LogP contribution in [0.25, 0.3) is 11.1 Å². The van der Waals surface area contributed by atoms with E-state index in [0.717, 1.165) is 21.6 Å². The van der Waals surface area contributed by atoms with Crippen LogP contribution in [0.2, 0.25) is 0 Å². The zero-order chi connectivity index (χ0) is 27.3. The molecule has 38 heavy (non-hydrogen) atoms. The standard InChI is InChI=1S/C29H28N4O5/c1-29(2)27(35)31(28(36)32(29)17-22-6-4-3-5-7-22)18-25(33(37)20-34)19-38-26-14-12-24(13-15-26)23-10-8-21(16-30)9-11-23/h3-15,20,25,37H,17-19H2,1-2H3. The molecule has 9 nitrogen and oxygen atoms in total. The lowest BCUT2D eigenvalue weighted by Crippen LogP contribution is -2.48. The van der Waals surface area contributed by atoms with Gasteiger partial charge in [0.1, 0.15) is 23.9 Å². The summed E-state index contributed by atoms with van der Waals surface area (Å²) in [5.41, 5.74) is 2.21. The Balaban J connectivity index is 1.44. The van der Waals surface area contributed by atoms with Gasteiger partial charge in [-0.15, -0.1) is 0 Å². The molecule has 4 rings (SSSR count). The molecule has 0 aliphatic carbocycles. The Bertz CT molecular complexity index is 1330. The predicted octanol–water partition coefficient (Wildman–Crippen LogP) is 4.06. The third-order valence-corrected chi connectivity index (χ3v) is 6.61. The molecule has 1 heterocycles. The van der Waals surface area contributed by atoms with Crippen molar-refractivity contribution in [3.8, 4) is 22.9 Å². The van der Waals surface area contributed by atoms with Gasteiger partial charge in [-0.1, -0.05) is 54.6 Å². The number of ether oxygens (including phenoxy) is 1. The Morgan fingerprint density at radius 3 is 2.18 bits per heavy atom. The molecule has 0 spiro atoms. The average Bonchev–Trinajstić information content (AvgIpc) is 3.10. The molecule has 1 N–H and O–H groups in total. The third kappa shape index (κ3) is 5.51. The van der Waals surface area contributed by atoms with Crippen LogP contribution in [0.3, 0.4) is 0 Å². The molecule has 4 amide bonds. The van der Waals surface area contributed by atoms with E-state index in [1.807, 2.05) is 54.6 Å². The van der Waals surface area contributed by atoms with E-state index >= 15 is 0 Å². The van der Waals surface area contributed by atoms with Crippen LogP contribution >= 0.6 is 0 Å². The minimum absolute atomic E-state index is 0.151. The maximum absolute atomic E-state index is 13.3. The lowest BCUT2D eigenvalue weighted by molar-refractivity contribution is -0.165. The SMILES string of the molecule is CC1(C)C(=O)N(CC(COc2ccc(-c3ccc(C#N)cc3)cc2)N(O)C=O)C(=O)N1Cc1ccccc1. The first-order valence-electron chi connectivity index (χ1n) is 12.1. The molecule has 3 aromatic rings. The number of imide groups is 1. The molecule has 0 saturated carbocycles. The molecule has 0 bridgehead atoms. The van der Waals surface area contributed by atoms with Crippen molar-refractivity contribution < 1.29 is 24.3 Å². The Morgan fingerprint density at radius 2 is 1.61 bits per heavy atom. The number of hydrogen-bond donors (Lipinski definition) is 1. The van der Waals surface area contributed by atoms with Gasteiger partial charge in [-0.05, 0) is 54.8 Å².